The average Bonchev–Trinajstić information content (AvgIpc) is 3.21. The van der Waals surface area contributed by atoms with Crippen LogP contribution in [0, 0.1) is 0 Å². The van der Waals surface area contributed by atoms with Gasteiger partial charge in [0, 0.05) is 39.1 Å². The van der Waals surface area contributed by atoms with Crippen molar-refractivity contribution in [1.82, 2.24) is 9.99 Å². The molecule has 0 unspecified atom stereocenters. The van der Waals surface area contributed by atoms with E-state index >= 15 is 0 Å². The van der Waals surface area contributed by atoms with Gasteiger partial charge in [0.2, 0.25) is 5.91 Å². The number of hydrogen-bond acceptors (Lipinski definition) is 3. The van der Waals surface area contributed by atoms with E-state index < -0.39 is 0 Å². The second-order valence-corrected chi connectivity index (χ2v) is 9.39. The van der Waals surface area contributed by atoms with Gasteiger partial charge in [-0.2, -0.15) is 5.10 Å². The van der Waals surface area contributed by atoms with Gasteiger partial charge in [0.15, 0.2) is 0 Å². The van der Waals surface area contributed by atoms with Crippen LogP contribution in [-0.4, -0.2) is 22.4 Å². The highest BCUT2D eigenvalue weighted by molar-refractivity contribution is 8.00. The Bertz CT molecular complexity index is 1490. The van der Waals surface area contributed by atoms with Crippen LogP contribution in [0.15, 0.2) is 107 Å². The number of benzene rings is 4. The molecule has 0 saturated heterocycles. The highest BCUT2D eigenvalue weighted by atomic mass is 35.5. The summed E-state index contributed by atoms with van der Waals surface area (Å²) >= 11 is 7.35. The van der Waals surface area contributed by atoms with Crippen molar-refractivity contribution >= 4 is 57.2 Å². The fourth-order valence-electron chi connectivity index (χ4n) is 4.01. The van der Waals surface area contributed by atoms with Crippen molar-refractivity contribution in [2.45, 2.75) is 11.4 Å². The van der Waals surface area contributed by atoms with Crippen LogP contribution in [0.2, 0.25) is 5.02 Å². The number of halogens is 1. The summed E-state index contributed by atoms with van der Waals surface area (Å²) < 4.78 is 2.23. The standard InChI is InChI=1S/C28H22ClN3OS/c29-23-12-14-24(15-13-23)34-19-28(33)31-30-16-22-18-32(27-11-4-3-10-26(22)27)17-21-8-5-7-20-6-1-2-9-25(20)21/h1-16,18H,17,19H2,(H,31,33)/b30-16-. The molecule has 5 rings (SSSR count). The summed E-state index contributed by atoms with van der Waals surface area (Å²) in [5.41, 5.74) is 5.98. The minimum Gasteiger partial charge on any atom is -0.342 e. The number of hydrogen-bond donors (Lipinski definition) is 1. The maximum atomic E-state index is 12.2. The molecule has 6 heteroatoms. The smallest absolute Gasteiger partial charge is 0.250 e. The van der Waals surface area contributed by atoms with Crippen molar-refractivity contribution in [2.75, 3.05) is 5.75 Å². The van der Waals surface area contributed by atoms with E-state index in [0.29, 0.717) is 5.02 Å². The first-order chi connectivity index (χ1) is 16.7. The zero-order valence-electron chi connectivity index (χ0n) is 18.3. The number of rotatable bonds is 7. The van der Waals surface area contributed by atoms with E-state index in [-0.39, 0.29) is 11.7 Å². The van der Waals surface area contributed by atoms with Crippen LogP contribution in [0.5, 0.6) is 0 Å². The van der Waals surface area contributed by atoms with E-state index in [1.807, 2.05) is 36.4 Å². The number of carbonyl (C=O) groups is 1. The zero-order chi connectivity index (χ0) is 23.3. The van der Waals surface area contributed by atoms with Crippen molar-refractivity contribution in [1.29, 1.82) is 0 Å². The van der Waals surface area contributed by atoms with Crippen LogP contribution in [0.4, 0.5) is 0 Å². The Morgan fingerprint density at radius 1 is 0.912 bits per heavy atom. The SMILES string of the molecule is O=C(CSc1ccc(Cl)cc1)N/N=C\c1cn(Cc2cccc3ccccc23)c2ccccc12. The van der Waals surface area contributed by atoms with Crippen LogP contribution >= 0.6 is 23.4 Å². The molecule has 0 aliphatic rings. The molecule has 5 aromatic rings. The van der Waals surface area contributed by atoms with Gasteiger partial charge in [-0.15, -0.1) is 11.8 Å². The Kier molecular flexibility index (Phi) is 6.65. The number of hydrazone groups is 1. The largest absolute Gasteiger partial charge is 0.342 e. The predicted octanol–water partition coefficient (Wildman–Crippen LogP) is 6.74. The lowest BCUT2D eigenvalue weighted by molar-refractivity contribution is -0.118. The molecule has 0 fully saturated rings. The van der Waals surface area contributed by atoms with Gasteiger partial charge in [-0.1, -0.05) is 72.3 Å². The average molecular weight is 484 g/mol. The summed E-state index contributed by atoms with van der Waals surface area (Å²) in [6, 6.07) is 30.5. The third-order valence-corrected chi connectivity index (χ3v) is 6.88. The molecule has 1 amide bonds. The Balaban J connectivity index is 1.31. The van der Waals surface area contributed by atoms with Crippen LogP contribution in [0.3, 0.4) is 0 Å². The molecule has 1 N–H and O–H groups in total. The molecule has 1 heterocycles. The van der Waals surface area contributed by atoms with Crippen LogP contribution in [0.1, 0.15) is 11.1 Å². The van der Waals surface area contributed by atoms with Crippen LogP contribution in [0.25, 0.3) is 21.7 Å². The number of para-hydroxylation sites is 1. The molecular weight excluding hydrogens is 462 g/mol. The quantitative estimate of drug-likeness (QED) is 0.158. The number of fused-ring (bicyclic) bond motifs is 2. The molecule has 0 atom stereocenters. The van der Waals surface area contributed by atoms with E-state index in [4.69, 9.17) is 11.6 Å². The maximum absolute atomic E-state index is 12.2. The van der Waals surface area contributed by atoms with Gasteiger partial charge in [-0.05, 0) is 46.7 Å². The fourth-order valence-corrected chi connectivity index (χ4v) is 4.83. The molecule has 168 valence electrons. The lowest BCUT2D eigenvalue weighted by Gasteiger charge is -2.09. The summed E-state index contributed by atoms with van der Waals surface area (Å²) in [4.78, 5) is 13.2. The van der Waals surface area contributed by atoms with Gasteiger partial charge in [-0.3, -0.25) is 4.79 Å². The van der Waals surface area contributed by atoms with Crippen molar-refractivity contribution < 1.29 is 4.79 Å². The van der Waals surface area contributed by atoms with Gasteiger partial charge >= 0.3 is 0 Å². The molecule has 0 aliphatic carbocycles. The normalized spacial score (nSPS) is 11.4. The summed E-state index contributed by atoms with van der Waals surface area (Å²) in [6.07, 6.45) is 3.80. The van der Waals surface area contributed by atoms with Gasteiger partial charge in [0.05, 0.1) is 12.0 Å². The minimum atomic E-state index is -0.157. The van der Waals surface area contributed by atoms with E-state index in [9.17, 15) is 4.79 Å². The summed E-state index contributed by atoms with van der Waals surface area (Å²) in [5, 5.41) is 8.48. The van der Waals surface area contributed by atoms with Crippen molar-refractivity contribution in [3.8, 4) is 0 Å². The van der Waals surface area contributed by atoms with Gasteiger partial charge < -0.3 is 4.57 Å². The van der Waals surface area contributed by atoms with Crippen LogP contribution < -0.4 is 5.43 Å². The Morgan fingerprint density at radius 2 is 1.65 bits per heavy atom. The third-order valence-electron chi connectivity index (χ3n) is 5.62. The fraction of sp³-hybridized carbons (Fsp3) is 0.0714. The Labute approximate surface area is 207 Å². The number of carbonyl (C=O) groups excluding carboxylic acids is 1. The monoisotopic (exact) mass is 483 g/mol. The summed E-state index contributed by atoms with van der Waals surface area (Å²) in [7, 11) is 0. The van der Waals surface area contributed by atoms with E-state index in [2.05, 4.69) is 75.9 Å². The molecular formula is C28H22ClN3OS. The molecule has 1 aromatic heterocycles. The summed E-state index contributed by atoms with van der Waals surface area (Å²) in [6.45, 7) is 0.750. The zero-order valence-corrected chi connectivity index (χ0v) is 19.9. The van der Waals surface area contributed by atoms with E-state index in [1.165, 1.54) is 28.1 Å². The highest BCUT2D eigenvalue weighted by Gasteiger charge is 2.09. The number of nitrogens with zero attached hydrogens (tertiary/aromatic N) is 2. The van der Waals surface area contributed by atoms with Crippen molar-refractivity contribution in [3.05, 3.63) is 113 Å². The predicted molar refractivity (Wildman–Crippen MR) is 143 cm³/mol. The first kappa shape index (κ1) is 22.3. The van der Waals surface area contributed by atoms with E-state index in [0.717, 1.165) is 27.9 Å². The van der Waals surface area contributed by atoms with Crippen molar-refractivity contribution in [3.63, 3.8) is 0 Å². The molecule has 4 nitrogen and oxygen atoms in total. The lowest BCUT2D eigenvalue weighted by Crippen LogP contribution is -2.19. The summed E-state index contributed by atoms with van der Waals surface area (Å²) in [5.74, 6) is 0.123. The minimum absolute atomic E-state index is 0.157. The van der Waals surface area contributed by atoms with Crippen molar-refractivity contribution in [2.24, 2.45) is 5.10 Å². The molecule has 0 bridgehead atoms. The number of amides is 1. The first-order valence-electron chi connectivity index (χ1n) is 10.9. The Hall–Kier alpha value is -3.54. The van der Waals surface area contributed by atoms with E-state index in [1.54, 1.807) is 6.21 Å². The molecule has 0 aliphatic heterocycles. The number of nitrogens with one attached hydrogen (secondary N) is 1. The van der Waals surface area contributed by atoms with Gasteiger partial charge in [0.1, 0.15) is 0 Å². The van der Waals surface area contributed by atoms with Crippen LogP contribution in [-0.2, 0) is 11.3 Å². The Morgan fingerprint density at radius 3 is 2.50 bits per heavy atom. The second-order valence-electron chi connectivity index (χ2n) is 7.90. The molecule has 0 saturated carbocycles. The molecule has 4 aromatic carbocycles. The first-order valence-corrected chi connectivity index (χ1v) is 12.3. The topological polar surface area (TPSA) is 46.4 Å². The highest BCUT2D eigenvalue weighted by Crippen LogP contribution is 2.25. The van der Waals surface area contributed by atoms with Gasteiger partial charge in [0.25, 0.3) is 0 Å². The lowest BCUT2D eigenvalue weighted by atomic mass is 10.0. The maximum Gasteiger partial charge on any atom is 0.250 e. The second kappa shape index (κ2) is 10.2. The molecule has 34 heavy (non-hydrogen) atoms. The third kappa shape index (κ3) is 5.01. The number of aromatic nitrogens is 1. The number of thioether (sulfide) groups is 1. The molecule has 0 radical (unpaired) electrons. The van der Waals surface area contributed by atoms with Gasteiger partial charge in [-0.25, -0.2) is 5.43 Å². The molecule has 0 spiro atoms.